The van der Waals surface area contributed by atoms with Gasteiger partial charge in [-0.15, -0.1) is 0 Å². The molecular formula is C23H29N3O. The molecule has 0 spiro atoms. The summed E-state index contributed by atoms with van der Waals surface area (Å²) < 4.78 is 0. The molecule has 0 bridgehead atoms. The van der Waals surface area contributed by atoms with E-state index >= 15 is 0 Å². The molecule has 4 nitrogen and oxygen atoms in total. The van der Waals surface area contributed by atoms with Crippen LogP contribution >= 0.6 is 0 Å². The number of hydrogen-bond donors (Lipinski definition) is 1. The maximum atomic E-state index is 12.8. The highest BCUT2D eigenvalue weighted by molar-refractivity contribution is 5.96. The highest BCUT2D eigenvalue weighted by atomic mass is 16.2. The van der Waals surface area contributed by atoms with Crippen molar-refractivity contribution in [2.24, 2.45) is 5.73 Å². The summed E-state index contributed by atoms with van der Waals surface area (Å²) in [5, 5.41) is 0. The summed E-state index contributed by atoms with van der Waals surface area (Å²) in [5.74, 6) is 0.211. The molecule has 2 fully saturated rings. The number of rotatable bonds is 3. The van der Waals surface area contributed by atoms with Crippen LogP contribution < -0.4 is 10.6 Å². The van der Waals surface area contributed by atoms with Crippen molar-refractivity contribution >= 4 is 11.6 Å². The van der Waals surface area contributed by atoms with Crippen molar-refractivity contribution in [3.63, 3.8) is 0 Å². The molecule has 2 N–H and O–H groups in total. The fourth-order valence-electron chi connectivity index (χ4n) is 4.67. The first-order valence-electron chi connectivity index (χ1n) is 10.0. The quantitative estimate of drug-likeness (QED) is 0.909. The van der Waals surface area contributed by atoms with Gasteiger partial charge in [-0.2, -0.15) is 0 Å². The molecule has 2 aromatic carbocycles. The zero-order chi connectivity index (χ0) is 18.9. The van der Waals surface area contributed by atoms with E-state index in [1.165, 1.54) is 5.56 Å². The van der Waals surface area contributed by atoms with E-state index in [2.05, 4.69) is 42.2 Å². The van der Waals surface area contributed by atoms with E-state index in [0.29, 0.717) is 12.6 Å². The minimum Gasteiger partial charge on any atom is -0.321 e. The Morgan fingerprint density at radius 3 is 2.30 bits per heavy atom. The first kappa shape index (κ1) is 18.2. The highest BCUT2D eigenvalue weighted by Crippen LogP contribution is 2.37. The third kappa shape index (κ3) is 3.64. The number of nitrogens with two attached hydrogens (primary N) is 1. The van der Waals surface area contributed by atoms with Crippen LogP contribution in [0.2, 0.25) is 0 Å². The van der Waals surface area contributed by atoms with Crippen molar-refractivity contribution < 1.29 is 4.79 Å². The van der Waals surface area contributed by atoms with E-state index in [-0.39, 0.29) is 11.4 Å². The molecule has 1 aliphatic carbocycles. The van der Waals surface area contributed by atoms with Gasteiger partial charge in [-0.1, -0.05) is 48.5 Å². The van der Waals surface area contributed by atoms with E-state index in [9.17, 15) is 4.79 Å². The highest BCUT2D eigenvalue weighted by Gasteiger charge is 2.37. The second kappa shape index (κ2) is 7.45. The number of carbonyl (C=O) groups excluding carboxylic acids is 1. The van der Waals surface area contributed by atoms with Gasteiger partial charge in [0.1, 0.15) is 0 Å². The molecule has 1 saturated heterocycles. The second-order valence-electron chi connectivity index (χ2n) is 8.06. The maximum absolute atomic E-state index is 12.8. The molecular weight excluding hydrogens is 334 g/mol. The predicted molar refractivity (Wildman–Crippen MR) is 110 cm³/mol. The lowest BCUT2D eigenvalue weighted by molar-refractivity contribution is -0.122. The van der Waals surface area contributed by atoms with Gasteiger partial charge in [0.2, 0.25) is 5.91 Å². The zero-order valence-corrected chi connectivity index (χ0v) is 16.1. The van der Waals surface area contributed by atoms with Crippen LogP contribution in [-0.4, -0.2) is 36.5 Å². The molecule has 4 rings (SSSR count). The number of hydrogen-bond acceptors (Lipinski definition) is 3. The van der Waals surface area contributed by atoms with Gasteiger partial charge in [-0.25, -0.2) is 0 Å². The smallest absolute Gasteiger partial charge is 0.241 e. The Hall–Kier alpha value is -2.17. The van der Waals surface area contributed by atoms with E-state index in [1.54, 1.807) is 0 Å². The Bertz CT molecular complexity index is 796. The number of aryl methyl sites for hydroxylation is 1. The normalized spacial score (nSPS) is 27.0. The lowest BCUT2D eigenvalue weighted by atomic mass is 9.75. The van der Waals surface area contributed by atoms with Crippen LogP contribution in [-0.2, 0) is 10.3 Å². The summed E-state index contributed by atoms with van der Waals surface area (Å²) in [4.78, 5) is 17.1. The minimum absolute atomic E-state index is 0.211. The summed E-state index contributed by atoms with van der Waals surface area (Å²) in [5.41, 5.74) is 9.95. The van der Waals surface area contributed by atoms with E-state index in [1.807, 2.05) is 29.2 Å². The number of nitrogens with zero attached hydrogens (tertiary/aromatic N) is 2. The number of para-hydroxylation sites is 1. The molecule has 4 heteroatoms. The van der Waals surface area contributed by atoms with Crippen molar-refractivity contribution in [3.8, 4) is 0 Å². The SMILES string of the molecule is Cc1ccccc1N1CCN(C2CCC(N)(c3ccccc3)CC2)CC1=O. The van der Waals surface area contributed by atoms with Crippen LogP contribution in [0.15, 0.2) is 54.6 Å². The average molecular weight is 364 g/mol. The van der Waals surface area contributed by atoms with Gasteiger partial charge >= 0.3 is 0 Å². The molecule has 0 unspecified atom stereocenters. The number of piperazine rings is 1. The standard InChI is InChI=1S/C23H29N3O/c1-18-7-5-6-10-21(18)26-16-15-25(17-22(26)27)20-11-13-23(24,14-12-20)19-8-3-2-4-9-19/h2-10,20H,11-17,24H2,1H3. The average Bonchev–Trinajstić information content (AvgIpc) is 2.70. The van der Waals surface area contributed by atoms with Crippen molar-refractivity contribution in [1.29, 1.82) is 0 Å². The number of carbonyl (C=O) groups is 1. The molecule has 2 aromatic rings. The molecule has 2 aliphatic rings. The number of benzene rings is 2. The molecule has 1 heterocycles. The molecule has 1 aliphatic heterocycles. The molecule has 1 saturated carbocycles. The maximum Gasteiger partial charge on any atom is 0.241 e. The Kier molecular flexibility index (Phi) is 5.02. The fraction of sp³-hybridized carbons (Fsp3) is 0.435. The van der Waals surface area contributed by atoms with Crippen molar-refractivity contribution in [3.05, 3.63) is 65.7 Å². The predicted octanol–water partition coefficient (Wildman–Crippen LogP) is 3.44. The molecule has 27 heavy (non-hydrogen) atoms. The summed E-state index contributed by atoms with van der Waals surface area (Å²) in [7, 11) is 0. The fourth-order valence-corrected chi connectivity index (χ4v) is 4.67. The van der Waals surface area contributed by atoms with Gasteiger partial charge in [0.15, 0.2) is 0 Å². The number of anilines is 1. The Morgan fingerprint density at radius 2 is 1.63 bits per heavy atom. The summed E-state index contributed by atoms with van der Waals surface area (Å²) in [6.45, 7) is 4.29. The summed E-state index contributed by atoms with van der Waals surface area (Å²) in [6, 6.07) is 19.1. The van der Waals surface area contributed by atoms with Gasteiger partial charge in [0, 0.05) is 30.4 Å². The lowest BCUT2D eigenvalue weighted by Crippen LogP contribution is -2.55. The van der Waals surface area contributed by atoms with Crippen LogP contribution in [0.3, 0.4) is 0 Å². The number of amides is 1. The Labute approximate surface area is 162 Å². The summed E-state index contributed by atoms with van der Waals surface area (Å²) in [6.07, 6.45) is 4.08. The van der Waals surface area contributed by atoms with Gasteiger partial charge in [-0.3, -0.25) is 9.69 Å². The summed E-state index contributed by atoms with van der Waals surface area (Å²) >= 11 is 0. The monoisotopic (exact) mass is 363 g/mol. The zero-order valence-electron chi connectivity index (χ0n) is 16.1. The van der Waals surface area contributed by atoms with Crippen LogP contribution in [0.25, 0.3) is 0 Å². The van der Waals surface area contributed by atoms with Gasteiger partial charge in [0.05, 0.1) is 6.54 Å². The van der Waals surface area contributed by atoms with E-state index in [4.69, 9.17) is 5.73 Å². The van der Waals surface area contributed by atoms with Crippen LogP contribution in [0.4, 0.5) is 5.69 Å². The van der Waals surface area contributed by atoms with Crippen molar-refractivity contribution in [1.82, 2.24) is 4.90 Å². The van der Waals surface area contributed by atoms with Crippen molar-refractivity contribution in [2.75, 3.05) is 24.5 Å². The van der Waals surface area contributed by atoms with E-state index < -0.39 is 0 Å². The van der Waals surface area contributed by atoms with Gasteiger partial charge in [0.25, 0.3) is 0 Å². The molecule has 1 amide bonds. The molecule has 0 aromatic heterocycles. The van der Waals surface area contributed by atoms with Crippen LogP contribution in [0.5, 0.6) is 0 Å². The lowest BCUT2D eigenvalue weighted by Gasteiger charge is -2.44. The first-order chi connectivity index (χ1) is 13.1. The van der Waals surface area contributed by atoms with Crippen LogP contribution in [0, 0.1) is 6.92 Å². The first-order valence-corrected chi connectivity index (χ1v) is 10.0. The van der Waals surface area contributed by atoms with Gasteiger partial charge in [-0.05, 0) is 49.8 Å². The third-order valence-electron chi connectivity index (χ3n) is 6.37. The Balaban J connectivity index is 1.38. The van der Waals surface area contributed by atoms with E-state index in [0.717, 1.165) is 50.0 Å². The minimum atomic E-state index is -0.218. The van der Waals surface area contributed by atoms with Crippen LogP contribution in [0.1, 0.15) is 36.8 Å². The molecule has 142 valence electrons. The molecule has 0 radical (unpaired) electrons. The topological polar surface area (TPSA) is 49.6 Å². The van der Waals surface area contributed by atoms with Crippen molar-refractivity contribution in [2.45, 2.75) is 44.2 Å². The second-order valence-corrected chi connectivity index (χ2v) is 8.06. The largest absolute Gasteiger partial charge is 0.321 e. The molecule has 0 atom stereocenters. The Morgan fingerprint density at radius 1 is 0.963 bits per heavy atom. The van der Waals surface area contributed by atoms with Gasteiger partial charge < -0.3 is 10.6 Å². The third-order valence-corrected chi connectivity index (χ3v) is 6.37.